The van der Waals surface area contributed by atoms with Gasteiger partial charge in [0.1, 0.15) is 0 Å². The van der Waals surface area contributed by atoms with E-state index in [9.17, 15) is 0 Å². The smallest absolute Gasteiger partial charge is 0.0762 e. The summed E-state index contributed by atoms with van der Waals surface area (Å²) in [5.41, 5.74) is 2.31. The van der Waals surface area contributed by atoms with Crippen LogP contribution >= 0.6 is 11.6 Å². The Morgan fingerprint density at radius 3 is 2.90 bits per heavy atom. The maximum absolute atomic E-state index is 6.04. The molecule has 0 spiro atoms. The van der Waals surface area contributed by atoms with Gasteiger partial charge in [-0.1, -0.05) is 36.6 Å². The number of benzene rings is 1. The van der Waals surface area contributed by atoms with Crippen molar-refractivity contribution in [2.24, 2.45) is 0 Å². The minimum absolute atomic E-state index is 0.264. The highest BCUT2D eigenvalue weighted by Gasteiger charge is 2.17. The fourth-order valence-electron chi connectivity index (χ4n) is 3.00. The quantitative estimate of drug-likeness (QED) is 0.881. The minimum atomic E-state index is 0.264. The van der Waals surface area contributed by atoms with Crippen LogP contribution in [-0.4, -0.2) is 9.78 Å². The average molecular weight is 304 g/mol. The molecule has 0 radical (unpaired) electrons. The van der Waals surface area contributed by atoms with E-state index in [1.807, 2.05) is 18.2 Å². The molecule has 1 N–H and O–H groups in total. The Morgan fingerprint density at radius 2 is 2.14 bits per heavy atom. The predicted molar refractivity (Wildman–Crippen MR) is 86.4 cm³/mol. The molecule has 1 saturated carbocycles. The zero-order chi connectivity index (χ0) is 14.7. The molecule has 2 aromatic rings. The molecule has 3 rings (SSSR count). The van der Waals surface area contributed by atoms with Crippen LogP contribution in [0.3, 0.4) is 0 Å². The molecule has 1 heterocycles. The normalized spacial score (nSPS) is 17.2. The van der Waals surface area contributed by atoms with E-state index in [1.165, 1.54) is 31.2 Å². The summed E-state index contributed by atoms with van der Waals surface area (Å²) in [5.74, 6) is 0. The molecule has 1 aromatic heterocycles. The Morgan fingerprint density at radius 1 is 1.33 bits per heavy atom. The predicted octanol–water partition coefficient (Wildman–Crippen LogP) is 4.50. The number of nitrogens with zero attached hydrogens (tertiary/aromatic N) is 2. The molecule has 1 atom stereocenters. The van der Waals surface area contributed by atoms with Crippen molar-refractivity contribution in [3.8, 4) is 0 Å². The van der Waals surface area contributed by atoms with Crippen molar-refractivity contribution in [1.29, 1.82) is 0 Å². The van der Waals surface area contributed by atoms with Gasteiger partial charge in [0.15, 0.2) is 0 Å². The van der Waals surface area contributed by atoms with Gasteiger partial charge in [0.05, 0.1) is 11.7 Å². The van der Waals surface area contributed by atoms with Crippen LogP contribution in [-0.2, 0) is 6.54 Å². The zero-order valence-electron chi connectivity index (χ0n) is 12.4. The zero-order valence-corrected chi connectivity index (χ0v) is 13.2. The summed E-state index contributed by atoms with van der Waals surface area (Å²) in [4.78, 5) is 0. The summed E-state index contributed by atoms with van der Waals surface area (Å²) < 4.78 is 2.15. The first-order valence-electron chi connectivity index (χ1n) is 7.75. The summed E-state index contributed by atoms with van der Waals surface area (Å²) >= 11 is 6.04. The van der Waals surface area contributed by atoms with Gasteiger partial charge in [0.2, 0.25) is 0 Å². The Labute approximate surface area is 131 Å². The third-order valence-corrected chi connectivity index (χ3v) is 4.54. The van der Waals surface area contributed by atoms with E-state index >= 15 is 0 Å². The largest absolute Gasteiger partial charge is 0.304 e. The monoisotopic (exact) mass is 303 g/mol. The van der Waals surface area contributed by atoms with Crippen LogP contribution in [0.2, 0.25) is 5.02 Å². The molecule has 3 nitrogen and oxygen atoms in total. The third kappa shape index (κ3) is 3.66. The molecule has 4 heteroatoms. The summed E-state index contributed by atoms with van der Waals surface area (Å²) in [6, 6.07) is 11.0. The van der Waals surface area contributed by atoms with E-state index in [1.54, 1.807) is 0 Å². The van der Waals surface area contributed by atoms with Crippen molar-refractivity contribution in [3.05, 3.63) is 52.8 Å². The first-order valence-corrected chi connectivity index (χ1v) is 8.13. The fourth-order valence-corrected chi connectivity index (χ4v) is 3.19. The maximum Gasteiger partial charge on any atom is 0.0762 e. The van der Waals surface area contributed by atoms with E-state index in [2.05, 4.69) is 35.3 Å². The standard InChI is InChI=1S/C17H22ClN3/c1-13(14-5-4-6-15(18)11-14)19-12-16-9-10-21(20-16)17-7-2-3-8-17/h4-6,9-11,13,17,19H,2-3,7-8,12H2,1H3/t13-/m1/s1. The maximum atomic E-state index is 6.04. The molecule has 0 amide bonds. The van der Waals surface area contributed by atoms with Crippen LogP contribution in [0, 0.1) is 0 Å². The van der Waals surface area contributed by atoms with Gasteiger partial charge in [-0.05, 0) is 43.5 Å². The minimum Gasteiger partial charge on any atom is -0.304 e. The van der Waals surface area contributed by atoms with Gasteiger partial charge in [0.25, 0.3) is 0 Å². The van der Waals surface area contributed by atoms with Crippen molar-refractivity contribution in [1.82, 2.24) is 15.1 Å². The van der Waals surface area contributed by atoms with Gasteiger partial charge in [-0.15, -0.1) is 0 Å². The number of rotatable bonds is 5. The van der Waals surface area contributed by atoms with Crippen LogP contribution in [0.1, 0.15) is 55.9 Å². The molecule has 1 aromatic carbocycles. The molecular formula is C17H22ClN3. The van der Waals surface area contributed by atoms with E-state index < -0.39 is 0 Å². The molecule has 0 saturated heterocycles. The SMILES string of the molecule is C[C@@H](NCc1ccn(C2CCCC2)n1)c1cccc(Cl)c1. The summed E-state index contributed by atoms with van der Waals surface area (Å²) in [6.07, 6.45) is 7.34. The fraction of sp³-hybridized carbons (Fsp3) is 0.471. The number of hydrogen-bond acceptors (Lipinski definition) is 2. The highest BCUT2D eigenvalue weighted by Crippen LogP contribution is 2.28. The van der Waals surface area contributed by atoms with Gasteiger partial charge in [-0.3, -0.25) is 4.68 Å². The van der Waals surface area contributed by atoms with Crippen molar-refractivity contribution >= 4 is 11.6 Å². The topological polar surface area (TPSA) is 29.9 Å². The molecular weight excluding hydrogens is 282 g/mol. The van der Waals surface area contributed by atoms with Crippen molar-refractivity contribution in [2.75, 3.05) is 0 Å². The van der Waals surface area contributed by atoms with E-state index in [0.29, 0.717) is 6.04 Å². The van der Waals surface area contributed by atoms with Gasteiger partial charge in [-0.25, -0.2) is 0 Å². The van der Waals surface area contributed by atoms with Crippen LogP contribution in [0.5, 0.6) is 0 Å². The van der Waals surface area contributed by atoms with Crippen LogP contribution in [0.25, 0.3) is 0 Å². The van der Waals surface area contributed by atoms with E-state index in [0.717, 1.165) is 17.3 Å². The van der Waals surface area contributed by atoms with Crippen molar-refractivity contribution in [3.63, 3.8) is 0 Å². The Bertz CT molecular complexity index is 587. The molecule has 1 fully saturated rings. The average Bonchev–Trinajstić information content (AvgIpc) is 3.15. The second-order valence-corrected chi connectivity index (χ2v) is 6.32. The molecule has 1 aliphatic rings. The summed E-state index contributed by atoms with van der Waals surface area (Å²) in [6.45, 7) is 2.94. The van der Waals surface area contributed by atoms with Gasteiger partial charge in [0, 0.05) is 23.8 Å². The van der Waals surface area contributed by atoms with Crippen LogP contribution in [0.15, 0.2) is 36.5 Å². The lowest BCUT2D eigenvalue weighted by Crippen LogP contribution is -2.18. The lowest BCUT2D eigenvalue weighted by atomic mass is 10.1. The van der Waals surface area contributed by atoms with Crippen molar-refractivity contribution in [2.45, 2.75) is 51.2 Å². The van der Waals surface area contributed by atoms with Crippen LogP contribution < -0.4 is 5.32 Å². The lowest BCUT2D eigenvalue weighted by molar-refractivity contribution is 0.458. The number of hydrogen-bond donors (Lipinski definition) is 1. The number of aromatic nitrogens is 2. The third-order valence-electron chi connectivity index (χ3n) is 4.30. The molecule has 1 aliphatic carbocycles. The summed E-state index contributed by atoms with van der Waals surface area (Å²) in [7, 11) is 0. The van der Waals surface area contributed by atoms with Crippen molar-refractivity contribution < 1.29 is 0 Å². The highest BCUT2D eigenvalue weighted by molar-refractivity contribution is 6.30. The second kappa shape index (κ2) is 6.63. The van der Waals surface area contributed by atoms with Gasteiger partial charge in [-0.2, -0.15) is 5.10 Å². The number of nitrogens with one attached hydrogen (secondary N) is 1. The Hall–Kier alpha value is -1.32. The molecule has 21 heavy (non-hydrogen) atoms. The second-order valence-electron chi connectivity index (χ2n) is 5.88. The van der Waals surface area contributed by atoms with Gasteiger partial charge < -0.3 is 5.32 Å². The van der Waals surface area contributed by atoms with E-state index in [-0.39, 0.29) is 6.04 Å². The Kier molecular flexibility index (Phi) is 4.61. The molecule has 112 valence electrons. The van der Waals surface area contributed by atoms with Gasteiger partial charge >= 0.3 is 0 Å². The van der Waals surface area contributed by atoms with E-state index in [4.69, 9.17) is 16.7 Å². The summed E-state index contributed by atoms with van der Waals surface area (Å²) in [5, 5.41) is 9.00. The first-order chi connectivity index (χ1) is 10.2. The molecule has 0 bridgehead atoms. The first kappa shape index (κ1) is 14.6. The molecule has 0 unspecified atom stereocenters. The highest BCUT2D eigenvalue weighted by atomic mass is 35.5. The molecule has 0 aliphatic heterocycles. The lowest BCUT2D eigenvalue weighted by Gasteiger charge is -2.14. The number of halogens is 1. The van der Waals surface area contributed by atoms with Crippen LogP contribution in [0.4, 0.5) is 0 Å². The Balaban J connectivity index is 1.57.